The Hall–Kier alpha value is -1.03. The monoisotopic (exact) mass is 244 g/mol. The van der Waals surface area contributed by atoms with Crippen LogP contribution in [0.3, 0.4) is 0 Å². The highest BCUT2D eigenvalue weighted by Gasteiger charge is 2.03. The Morgan fingerprint density at radius 1 is 1.31 bits per heavy atom. The Morgan fingerprint density at radius 2 is 2.00 bits per heavy atom. The van der Waals surface area contributed by atoms with E-state index in [1.807, 2.05) is 6.07 Å². The van der Waals surface area contributed by atoms with Crippen LogP contribution in [0.1, 0.15) is 0 Å². The van der Waals surface area contributed by atoms with E-state index in [0.29, 0.717) is 17.7 Å². The van der Waals surface area contributed by atoms with Gasteiger partial charge in [0.1, 0.15) is 12.4 Å². The standard InChI is InChI=1S/C9H9BrO3/c10-6-7-12-9(11)13-8-4-2-1-3-5-8/h1-5H,6-7H2. The fraction of sp³-hybridized carbons (Fsp3) is 0.222. The van der Waals surface area contributed by atoms with Crippen molar-refractivity contribution >= 4 is 22.1 Å². The van der Waals surface area contributed by atoms with Gasteiger partial charge in [-0.1, -0.05) is 34.1 Å². The summed E-state index contributed by atoms with van der Waals surface area (Å²) >= 11 is 3.13. The maximum atomic E-state index is 10.9. The molecule has 3 nitrogen and oxygen atoms in total. The van der Waals surface area contributed by atoms with Crippen molar-refractivity contribution in [3.05, 3.63) is 30.3 Å². The minimum absolute atomic E-state index is 0.311. The van der Waals surface area contributed by atoms with E-state index >= 15 is 0 Å². The zero-order chi connectivity index (χ0) is 9.52. The lowest BCUT2D eigenvalue weighted by Gasteiger charge is -2.03. The molecule has 13 heavy (non-hydrogen) atoms. The molecule has 0 aromatic heterocycles. The van der Waals surface area contributed by atoms with Gasteiger partial charge in [0.25, 0.3) is 0 Å². The molecule has 0 fully saturated rings. The van der Waals surface area contributed by atoms with E-state index in [9.17, 15) is 4.79 Å². The van der Waals surface area contributed by atoms with Gasteiger partial charge in [0, 0.05) is 5.33 Å². The van der Waals surface area contributed by atoms with Crippen LogP contribution in [0.15, 0.2) is 30.3 Å². The number of halogens is 1. The summed E-state index contributed by atoms with van der Waals surface area (Å²) in [6, 6.07) is 8.79. The highest BCUT2D eigenvalue weighted by Crippen LogP contribution is 2.08. The van der Waals surface area contributed by atoms with Gasteiger partial charge in [0.2, 0.25) is 0 Å². The second-order valence-electron chi connectivity index (χ2n) is 2.20. The number of rotatable bonds is 3. The van der Waals surface area contributed by atoms with Crippen LogP contribution in [0.25, 0.3) is 0 Å². The second kappa shape index (κ2) is 5.59. The summed E-state index contributed by atoms with van der Waals surface area (Å²) in [5.41, 5.74) is 0. The van der Waals surface area contributed by atoms with Gasteiger partial charge in [-0.25, -0.2) is 4.79 Å². The van der Waals surface area contributed by atoms with Crippen molar-refractivity contribution in [2.24, 2.45) is 0 Å². The largest absolute Gasteiger partial charge is 0.513 e. The van der Waals surface area contributed by atoms with Crippen LogP contribution in [0.2, 0.25) is 0 Å². The van der Waals surface area contributed by atoms with Crippen molar-refractivity contribution in [2.45, 2.75) is 0 Å². The van der Waals surface area contributed by atoms with Gasteiger partial charge < -0.3 is 9.47 Å². The summed E-state index contributed by atoms with van der Waals surface area (Å²) < 4.78 is 9.52. The molecule has 0 bridgehead atoms. The first-order valence-electron chi connectivity index (χ1n) is 3.78. The Morgan fingerprint density at radius 3 is 2.62 bits per heavy atom. The predicted octanol–water partition coefficient (Wildman–Crippen LogP) is 2.60. The van der Waals surface area contributed by atoms with Crippen LogP contribution in [0.4, 0.5) is 4.79 Å². The maximum Gasteiger partial charge on any atom is 0.513 e. The number of para-hydroxylation sites is 1. The summed E-state index contributed by atoms with van der Waals surface area (Å²) in [4.78, 5) is 10.9. The molecule has 0 saturated heterocycles. The first-order chi connectivity index (χ1) is 6.33. The quantitative estimate of drug-likeness (QED) is 0.466. The van der Waals surface area contributed by atoms with Crippen molar-refractivity contribution < 1.29 is 14.3 Å². The normalized spacial score (nSPS) is 9.31. The zero-order valence-electron chi connectivity index (χ0n) is 6.90. The van der Waals surface area contributed by atoms with Crippen LogP contribution in [-0.2, 0) is 4.74 Å². The third-order valence-corrected chi connectivity index (χ3v) is 1.57. The summed E-state index contributed by atoms with van der Waals surface area (Å²) in [5, 5.41) is 0.608. The highest BCUT2D eigenvalue weighted by molar-refractivity contribution is 9.09. The molecule has 0 radical (unpaired) electrons. The SMILES string of the molecule is O=C(OCCBr)Oc1ccccc1. The fourth-order valence-corrected chi connectivity index (χ4v) is 0.898. The lowest BCUT2D eigenvalue weighted by molar-refractivity contribution is 0.105. The minimum Gasteiger partial charge on any atom is -0.433 e. The molecule has 0 atom stereocenters. The molecule has 0 aliphatic carbocycles. The molecule has 4 heteroatoms. The third kappa shape index (κ3) is 3.94. The van der Waals surface area contributed by atoms with Gasteiger partial charge in [0.15, 0.2) is 0 Å². The van der Waals surface area contributed by atoms with Crippen molar-refractivity contribution in [2.75, 3.05) is 11.9 Å². The predicted molar refractivity (Wildman–Crippen MR) is 52.2 cm³/mol. The molecule has 1 aromatic carbocycles. The molecule has 0 saturated carbocycles. The van der Waals surface area contributed by atoms with E-state index in [1.165, 1.54) is 0 Å². The molecular weight excluding hydrogens is 236 g/mol. The van der Waals surface area contributed by atoms with Crippen molar-refractivity contribution in [1.82, 2.24) is 0 Å². The van der Waals surface area contributed by atoms with E-state index in [2.05, 4.69) is 20.7 Å². The highest BCUT2D eigenvalue weighted by atomic mass is 79.9. The number of hydrogen-bond acceptors (Lipinski definition) is 3. The van der Waals surface area contributed by atoms with E-state index in [1.54, 1.807) is 24.3 Å². The van der Waals surface area contributed by atoms with E-state index in [0.717, 1.165) is 0 Å². The smallest absolute Gasteiger partial charge is 0.433 e. The molecule has 1 aromatic rings. The summed E-state index contributed by atoms with van der Waals surface area (Å²) in [6.45, 7) is 0.311. The van der Waals surface area contributed by atoms with Crippen LogP contribution in [-0.4, -0.2) is 18.1 Å². The van der Waals surface area contributed by atoms with Crippen LogP contribution in [0.5, 0.6) is 5.75 Å². The first kappa shape index (κ1) is 10.1. The summed E-state index contributed by atoms with van der Waals surface area (Å²) in [5.74, 6) is 0.488. The lowest BCUT2D eigenvalue weighted by atomic mass is 10.3. The number of benzene rings is 1. The Bertz CT molecular complexity index is 261. The molecule has 0 spiro atoms. The van der Waals surface area contributed by atoms with Crippen LogP contribution in [0, 0.1) is 0 Å². The average molecular weight is 245 g/mol. The average Bonchev–Trinajstić information content (AvgIpc) is 2.16. The second-order valence-corrected chi connectivity index (χ2v) is 3.00. The molecule has 0 aliphatic rings. The van der Waals surface area contributed by atoms with Crippen molar-refractivity contribution in [3.63, 3.8) is 0 Å². The molecule has 70 valence electrons. The number of carbonyl (C=O) groups excluding carboxylic acids is 1. The maximum absolute atomic E-state index is 10.9. The molecule has 0 aliphatic heterocycles. The van der Waals surface area contributed by atoms with Gasteiger partial charge in [-0.3, -0.25) is 0 Å². The van der Waals surface area contributed by atoms with Crippen molar-refractivity contribution in [3.8, 4) is 5.75 Å². The first-order valence-corrected chi connectivity index (χ1v) is 4.90. The molecule has 0 heterocycles. The zero-order valence-corrected chi connectivity index (χ0v) is 8.49. The van der Waals surface area contributed by atoms with Crippen LogP contribution < -0.4 is 4.74 Å². The van der Waals surface area contributed by atoms with E-state index in [-0.39, 0.29) is 0 Å². The van der Waals surface area contributed by atoms with Crippen LogP contribution >= 0.6 is 15.9 Å². The Labute approximate surface area is 84.8 Å². The summed E-state index contributed by atoms with van der Waals surface area (Å²) in [6.07, 6.45) is -0.675. The molecule has 0 N–H and O–H groups in total. The molecule has 0 unspecified atom stereocenters. The van der Waals surface area contributed by atoms with Gasteiger partial charge in [0.05, 0.1) is 0 Å². The van der Waals surface area contributed by atoms with Gasteiger partial charge in [-0.05, 0) is 12.1 Å². The fourth-order valence-electron chi connectivity index (χ4n) is 0.736. The van der Waals surface area contributed by atoms with E-state index in [4.69, 9.17) is 4.74 Å². The molecular formula is C9H9BrO3. The number of ether oxygens (including phenoxy) is 2. The van der Waals surface area contributed by atoms with Gasteiger partial charge in [-0.15, -0.1) is 0 Å². The molecule has 0 amide bonds. The number of hydrogen-bond donors (Lipinski definition) is 0. The topological polar surface area (TPSA) is 35.5 Å². The third-order valence-electron chi connectivity index (χ3n) is 1.24. The molecule has 1 rings (SSSR count). The summed E-state index contributed by atoms with van der Waals surface area (Å²) in [7, 11) is 0. The van der Waals surface area contributed by atoms with Gasteiger partial charge in [-0.2, -0.15) is 0 Å². The Kier molecular flexibility index (Phi) is 4.32. The van der Waals surface area contributed by atoms with Gasteiger partial charge >= 0.3 is 6.16 Å². The van der Waals surface area contributed by atoms with Crippen molar-refractivity contribution in [1.29, 1.82) is 0 Å². The number of alkyl halides is 1. The van der Waals surface area contributed by atoms with E-state index < -0.39 is 6.16 Å². The minimum atomic E-state index is -0.675. The Balaban J connectivity index is 2.37. The lowest BCUT2D eigenvalue weighted by Crippen LogP contribution is -2.11. The number of carbonyl (C=O) groups is 1.